The Bertz CT molecular complexity index is 1520. The molecule has 0 aromatic heterocycles. The molecule has 4 aromatic rings. The van der Waals surface area contributed by atoms with Gasteiger partial charge in [0.2, 0.25) is 0 Å². The first-order valence-electron chi connectivity index (χ1n) is 13.7. The highest BCUT2D eigenvalue weighted by Gasteiger charge is 2.19. The fourth-order valence-electron chi connectivity index (χ4n) is 5.16. The van der Waals surface area contributed by atoms with Crippen molar-refractivity contribution in [1.29, 1.82) is 5.26 Å². The number of nitriles is 1. The van der Waals surface area contributed by atoms with E-state index in [0.29, 0.717) is 22.1 Å². The Labute approximate surface area is 241 Å². The second-order valence-corrected chi connectivity index (χ2v) is 10.9. The van der Waals surface area contributed by atoms with Gasteiger partial charge in [0.05, 0.1) is 11.6 Å². The summed E-state index contributed by atoms with van der Waals surface area (Å²) in [5.41, 5.74) is 7.21. The van der Waals surface area contributed by atoms with Crippen molar-refractivity contribution in [2.75, 3.05) is 36.4 Å². The average molecular weight is 549 g/mol. The Hall–Kier alpha value is -4.11. The molecule has 0 spiro atoms. The molecule has 40 heavy (non-hydrogen) atoms. The zero-order chi connectivity index (χ0) is 28.1. The van der Waals surface area contributed by atoms with Crippen LogP contribution in [-0.2, 0) is 6.54 Å². The lowest BCUT2D eigenvalue weighted by Gasteiger charge is -2.36. The summed E-state index contributed by atoms with van der Waals surface area (Å²) in [6.07, 6.45) is 0. The first kappa shape index (κ1) is 27.5. The SMILES string of the molecule is CC(C)c1ccc(-c2c(Cl)cccc2C(=O)Nc2ccc(N3CCN(Cc4cccc(C#N)c4)CC3)cc2)cc1. The van der Waals surface area contributed by atoms with Crippen LogP contribution < -0.4 is 10.2 Å². The normalized spacial score (nSPS) is 13.7. The molecular formula is C34H33ClN4O. The van der Waals surface area contributed by atoms with Gasteiger partial charge in [-0.25, -0.2) is 0 Å². The number of carbonyl (C=O) groups excluding carboxylic acids is 1. The molecule has 6 heteroatoms. The molecule has 1 aliphatic rings. The minimum absolute atomic E-state index is 0.188. The summed E-state index contributed by atoms with van der Waals surface area (Å²) in [5.74, 6) is 0.246. The molecule has 0 atom stereocenters. The molecule has 0 unspecified atom stereocenters. The second kappa shape index (κ2) is 12.4. The second-order valence-electron chi connectivity index (χ2n) is 10.5. The van der Waals surface area contributed by atoms with Crippen LogP contribution in [0.15, 0.2) is 91.0 Å². The number of benzene rings is 4. The number of nitrogens with one attached hydrogen (secondary N) is 1. The average Bonchev–Trinajstić information content (AvgIpc) is 2.98. The summed E-state index contributed by atoms with van der Waals surface area (Å²) in [6, 6.07) is 31.8. The lowest BCUT2D eigenvalue weighted by atomic mass is 9.95. The largest absolute Gasteiger partial charge is 0.369 e. The molecule has 1 aliphatic heterocycles. The van der Waals surface area contributed by atoms with Crippen LogP contribution in [0.25, 0.3) is 11.1 Å². The molecule has 4 aromatic carbocycles. The molecule has 1 fully saturated rings. The third kappa shape index (κ3) is 6.37. The third-order valence-corrected chi connectivity index (χ3v) is 7.76. The van der Waals surface area contributed by atoms with Crippen LogP contribution in [-0.4, -0.2) is 37.0 Å². The number of hydrogen-bond donors (Lipinski definition) is 1. The lowest BCUT2D eigenvalue weighted by molar-refractivity contribution is 0.102. The number of halogens is 1. The maximum Gasteiger partial charge on any atom is 0.256 e. The van der Waals surface area contributed by atoms with Gasteiger partial charge in [0, 0.05) is 60.2 Å². The molecule has 1 amide bonds. The van der Waals surface area contributed by atoms with Gasteiger partial charge in [-0.05, 0) is 71.1 Å². The molecular weight excluding hydrogens is 516 g/mol. The van der Waals surface area contributed by atoms with E-state index in [0.717, 1.165) is 55.2 Å². The van der Waals surface area contributed by atoms with Crippen LogP contribution >= 0.6 is 11.6 Å². The maximum absolute atomic E-state index is 13.3. The van der Waals surface area contributed by atoms with E-state index >= 15 is 0 Å². The van der Waals surface area contributed by atoms with E-state index < -0.39 is 0 Å². The summed E-state index contributed by atoms with van der Waals surface area (Å²) in [6.45, 7) is 8.91. The number of anilines is 2. The van der Waals surface area contributed by atoms with Crippen molar-refractivity contribution in [1.82, 2.24) is 4.90 Å². The highest BCUT2D eigenvalue weighted by molar-refractivity contribution is 6.34. The smallest absolute Gasteiger partial charge is 0.256 e. The molecule has 0 radical (unpaired) electrons. The molecule has 202 valence electrons. The summed E-state index contributed by atoms with van der Waals surface area (Å²) >= 11 is 6.59. The molecule has 1 heterocycles. The van der Waals surface area contributed by atoms with E-state index in [1.807, 2.05) is 60.7 Å². The van der Waals surface area contributed by atoms with E-state index in [1.54, 1.807) is 0 Å². The molecule has 1 saturated heterocycles. The van der Waals surface area contributed by atoms with Gasteiger partial charge in [-0.3, -0.25) is 9.69 Å². The van der Waals surface area contributed by atoms with Crippen LogP contribution in [0, 0.1) is 11.3 Å². The summed E-state index contributed by atoms with van der Waals surface area (Å²) in [4.78, 5) is 18.1. The van der Waals surface area contributed by atoms with Gasteiger partial charge in [0.15, 0.2) is 0 Å². The Balaban J connectivity index is 1.22. The Morgan fingerprint density at radius 2 is 1.62 bits per heavy atom. The van der Waals surface area contributed by atoms with Gasteiger partial charge in [-0.2, -0.15) is 5.26 Å². The first-order valence-corrected chi connectivity index (χ1v) is 14.1. The third-order valence-electron chi connectivity index (χ3n) is 7.45. The number of amides is 1. The number of rotatable bonds is 7. The van der Waals surface area contributed by atoms with Gasteiger partial charge in [0.25, 0.3) is 5.91 Å². The minimum atomic E-state index is -0.188. The predicted octanol–water partition coefficient (Wildman–Crippen LogP) is 7.58. The van der Waals surface area contributed by atoms with Crippen LogP contribution in [0.3, 0.4) is 0 Å². The standard InChI is InChI=1S/C34H33ClN4O/c1-24(2)27-9-11-28(12-10-27)33-31(7-4-8-32(33)35)34(40)37-29-13-15-30(16-14-29)39-19-17-38(18-20-39)23-26-6-3-5-25(21-26)22-36/h3-16,21,24H,17-20,23H2,1-2H3,(H,37,40). The Morgan fingerprint density at radius 3 is 2.30 bits per heavy atom. The molecule has 5 rings (SSSR count). The highest BCUT2D eigenvalue weighted by atomic mass is 35.5. The van der Waals surface area contributed by atoms with Crippen molar-refractivity contribution in [3.63, 3.8) is 0 Å². The van der Waals surface area contributed by atoms with E-state index in [1.165, 1.54) is 11.1 Å². The maximum atomic E-state index is 13.3. The lowest BCUT2D eigenvalue weighted by Crippen LogP contribution is -2.45. The molecule has 0 bridgehead atoms. The summed E-state index contributed by atoms with van der Waals surface area (Å²) < 4.78 is 0. The number of nitrogens with zero attached hydrogens (tertiary/aromatic N) is 3. The Kier molecular flexibility index (Phi) is 8.50. The van der Waals surface area contributed by atoms with E-state index in [2.05, 4.69) is 65.4 Å². The quantitative estimate of drug-likeness (QED) is 0.258. The van der Waals surface area contributed by atoms with Crippen molar-refractivity contribution in [3.8, 4) is 17.2 Å². The van der Waals surface area contributed by atoms with E-state index in [-0.39, 0.29) is 5.91 Å². The Morgan fingerprint density at radius 1 is 0.925 bits per heavy atom. The minimum Gasteiger partial charge on any atom is -0.369 e. The molecule has 1 N–H and O–H groups in total. The van der Waals surface area contributed by atoms with Gasteiger partial charge in [-0.15, -0.1) is 0 Å². The van der Waals surface area contributed by atoms with Crippen LogP contribution in [0.4, 0.5) is 11.4 Å². The van der Waals surface area contributed by atoms with Crippen molar-refractivity contribution in [2.24, 2.45) is 0 Å². The predicted molar refractivity (Wildman–Crippen MR) is 164 cm³/mol. The van der Waals surface area contributed by atoms with Crippen LogP contribution in [0.1, 0.15) is 46.8 Å². The van der Waals surface area contributed by atoms with Crippen LogP contribution in [0.5, 0.6) is 0 Å². The van der Waals surface area contributed by atoms with Gasteiger partial charge in [-0.1, -0.05) is 67.9 Å². The summed E-state index contributed by atoms with van der Waals surface area (Å²) in [7, 11) is 0. The number of piperazine rings is 1. The first-order chi connectivity index (χ1) is 19.4. The molecule has 0 saturated carbocycles. The molecule has 5 nitrogen and oxygen atoms in total. The number of carbonyl (C=O) groups is 1. The van der Waals surface area contributed by atoms with E-state index in [4.69, 9.17) is 16.9 Å². The van der Waals surface area contributed by atoms with Gasteiger partial charge in [0.1, 0.15) is 0 Å². The zero-order valence-corrected chi connectivity index (χ0v) is 23.7. The fraction of sp³-hybridized carbons (Fsp3) is 0.235. The number of hydrogen-bond acceptors (Lipinski definition) is 4. The van der Waals surface area contributed by atoms with Crippen molar-refractivity contribution >= 4 is 28.9 Å². The van der Waals surface area contributed by atoms with E-state index in [9.17, 15) is 4.79 Å². The van der Waals surface area contributed by atoms with Gasteiger partial charge < -0.3 is 10.2 Å². The fourth-order valence-corrected chi connectivity index (χ4v) is 5.44. The van der Waals surface area contributed by atoms with Crippen molar-refractivity contribution in [3.05, 3.63) is 118 Å². The zero-order valence-electron chi connectivity index (χ0n) is 22.9. The highest BCUT2D eigenvalue weighted by Crippen LogP contribution is 2.33. The van der Waals surface area contributed by atoms with Crippen molar-refractivity contribution < 1.29 is 4.79 Å². The van der Waals surface area contributed by atoms with Crippen LogP contribution in [0.2, 0.25) is 5.02 Å². The monoisotopic (exact) mass is 548 g/mol. The molecule has 0 aliphatic carbocycles. The topological polar surface area (TPSA) is 59.4 Å². The summed E-state index contributed by atoms with van der Waals surface area (Å²) in [5, 5.41) is 12.8. The van der Waals surface area contributed by atoms with Gasteiger partial charge >= 0.3 is 0 Å². The van der Waals surface area contributed by atoms with Crippen molar-refractivity contribution in [2.45, 2.75) is 26.3 Å².